The van der Waals surface area contributed by atoms with Crippen molar-refractivity contribution in [3.05, 3.63) is 0 Å². The summed E-state index contributed by atoms with van der Waals surface area (Å²) in [7, 11) is 3.53. The number of ether oxygens (including phenoxy) is 2. The molecular formula is C14H30N2O2. The maximum absolute atomic E-state index is 5.15. The Kier molecular flexibility index (Phi) is 9.48. The van der Waals surface area contributed by atoms with Gasteiger partial charge in [0.15, 0.2) is 0 Å². The molecule has 1 aliphatic rings. The fraction of sp³-hybridized carbons (Fsp3) is 1.00. The van der Waals surface area contributed by atoms with Crippen LogP contribution in [-0.4, -0.2) is 64.6 Å². The summed E-state index contributed by atoms with van der Waals surface area (Å²) in [6, 6.07) is 0.755. The van der Waals surface area contributed by atoms with Crippen LogP contribution >= 0.6 is 0 Å². The van der Waals surface area contributed by atoms with Crippen LogP contribution in [0.4, 0.5) is 0 Å². The zero-order valence-electron chi connectivity index (χ0n) is 12.1. The topological polar surface area (TPSA) is 33.7 Å². The molecule has 0 aromatic rings. The van der Waals surface area contributed by atoms with Crippen molar-refractivity contribution in [2.45, 2.75) is 38.1 Å². The molecule has 18 heavy (non-hydrogen) atoms. The van der Waals surface area contributed by atoms with E-state index in [0.29, 0.717) is 0 Å². The molecule has 1 heterocycles. The molecular weight excluding hydrogens is 228 g/mol. The first-order valence-electron chi connectivity index (χ1n) is 7.30. The zero-order chi connectivity index (χ0) is 13.1. The summed E-state index contributed by atoms with van der Waals surface area (Å²) in [4.78, 5) is 2.44. The van der Waals surface area contributed by atoms with E-state index in [1.165, 1.54) is 38.6 Å². The summed E-state index contributed by atoms with van der Waals surface area (Å²) in [5.41, 5.74) is 0. The van der Waals surface area contributed by atoms with Crippen LogP contribution in [0.25, 0.3) is 0 Å². The Labute approximate surface area is 112 Å². The molecule has 1 fully saturated rings. The van der Waals surface area contributed by atoms with Gasteiger partial charge in [-0.2, -0.15) is 0 Å². The molecule has 0 aromatic heterocycles. The van der Waals surface area contributed by atoms with Gasteiger partial charge in [-0.05, 0) is 38.8 Å². The summed E-state index contributed by atoms with van der Waals surface area (Å²) < 4.78 is 10.3. The van der Waals surface area contributed by atoms with Gasteiger partial charge in [-0.3, -0.25) is 4.90 Å². The molecule has 0 amide bonds. The molecule has 1 saturated heterocycles. The number of rotatable bonds is 10. The Morgan fingerprint density at radius 2 is 1.78 bits per heavy atom. The fourth-order valence-electron chi connectivity index (χ4n) is 2.51. The number of hydrogen-bond donors (Lipinski definition) is 1. The van der Waals surface area contributed by atoms with Crippen LogP contribution in [0.3, 0.4) is 0 Å². The van der Waals surface area contributed by atoms with Gasteiger partial charge in [-0.1, -0.05) is 6.42 Å². The van der Waals surface area contributed by atoms with Gasteiger partial charge in [-0.25, -0.2) is 0 Å². The molecule has 1 atom stereocenters. The van der Waals surface area contributed by atoms with E-state index in [9.17, 15) is 0 Å². The number of hydrogen-bond acceptors (Lipinski definition) is 4. The maximum Gasteiger partial charge on any atom is 0.0589 e. The molecule has 0 aliphatic carbocycles. The highest BCUT2D eigenvalue weighted by molar-refractivity contribution is 4.72. The standard InChI is InChI=1S/C14H30N2O2/c1-17-12-10-16(11-13-18-2)9-5-7-14-6-3-4-8-15-14/h14-15H,3-13H2,1-2H3. The zero-order valence-corrected chi connectivity index (χ0v) is 12.1. The normalized spacial score (nSPS) is 20.5. The summed E-state index contributed by atoms with van der Waals surface area (Å²) in [5, 5.41) is 3.61. The predicted octanol–water partition coefficient (Wildman–Crippen LogP) is 1.50. The molecule has 1 unspecified atom stereocenters. The van der Waals surface area contributed by atoms with Crippen molar-refractivity contribution in [2.75, 3.05) is 53.6 Å². The molecule has 1 rings (SSSR count). The van der Waals surface area contributed by atoms with Gasteiger partial charge >= 0.3 is 0 Å². The molecule has 4 nitrogen and oxygen atoms in total. The quantitative estimate of drug-likeness (QED) is 0.644. The van der Waals surface area contributed by atoms with E-state index >= 15 is 0 Å². The Balaban J connectivity index is 2.10. The van der Waals surface area contributed by atoms with E-state index in [-0.39, 0.29) is 0 Å². The SMILES string of the molecule is COCCN(CCCC1CCCCN1)CCOC. The molecule has 0 spiro atoms. The Morgan fingerprint density at radius 1 is 1.06 bits per heavy atom. The van der Waals surface area contributed by atoms with E-state index < -0.39 is 0 Å². The van der Waals surface area contributed by atoms with Crippen molar-refractivity contribution < 1.29 is 9.47 Å². The van der Waals surface area contributed by atoms with E-state index in [4.69, 9.17) is 9.47 Å². The second kappa shape index (κ2) is 10.7. The average molecular weight is 258 g/mol. The highest BCUT2D eigenvalue weighted by Gasteiger charge is 2.12. The molecule has 0 radical (unpaired) electrons. The fourth-order valence-corrected chi connectivity index (χ4v) is 2.51. The van der Waals surface area contributed by atoms with Crippen LogP contribution < -0.4 is 5.32 Å². The van der Waals surface area contributed by atoms with Gasteiger partial charge in [0.1, 0.15) is 0 Å². The smallest absolute Gasteiger partial charge is 0.0589 e. The van der Waals surface area contributed by atoms with E-state index in [1.807, 2.05) is 0 Å². The van der Waals surface area contributed by atoms with E-state index in [2.05, 4.69) is 10.2 Å². The Morgan fingerprint density at radius 3 is 2.33 bits per heavy atom. The van der Waals surface area contributed by atoms with Crippen LogP contribution in [0.5, 0.6) is 0 Å². The molecule has 0 bridgehead atoms. The van der Waals surface area contributed by atoms with Crippen molar-refractivity contribution in [1.29, 1.82) is 0 Å². The van der Waals surface area contributed by atoms with Gasteiger partial charge in [0.25, 0.3) is 0 Å². The molecule has 4 heteroatoms. The van der Waals surface area contributed by atoms with Crippen LogP contribution in [0.1, 0.15) is 32.1 Å². The summed E-state index contributed by atoms with van der Waals surface area (Å²) >= 11 is 0. The molecule has 1 N–H and O–H groups in total. The number of piperidine rings is 1. The molecule has 1 aliphatic heterocycles. The van der Waals surface area contributed by atoms with Gasteiger partial charge in [0.05, 0.1) is 13.2 Å². The minimum atomic E-state index is 0.755. The third-order valence-electron chi connectivity index (χ3n) is 3.66. The first-order valence-corrected chi connectivity index (χ1v) is 7.30. The van der Waals surface area contributed by atoms with Gasteiger partial charge in [-0.15, -0.1) is 0 Å². The lowest BCUT2D eigenvalue weighted by Gasteiger charge is -2.26. The summed E-state index contributed by atoms with van der Waals surface area (Å²) in [5.74, 6) is 0. The van der Waals surface area contributed by atoms with Crippen molar-refractivity contribution in [2.24, 2.45) is 0 Å². The van der Waals surface area contributed by atoms with E-state index in [0.717, 1.165) is 38.9 Å². The van der Waals surface area contributed by atoms with Crippen LogP contribution in [-0.2, 0) is 9.47 Å². The highest BCUT2D eigenvalue weighted by atomic mass is 16.5. The average Bonchev–Trinajstić information content (AvgIpc) is 2.42. The van der Waals surface area contributed by atoms with Crippen molar-refractivity contribution in [1.82, 2.24) is 10.2 Å². The number of nitrogens with one attached hydrogen (secondary N) is 1. The lowest BCUT2D eigenvalue weighted by atomic mass is 10.0. The number of methoxy groups -OCH3 is 2. The molecule has 0 aromatic carbocycles. The molecule has 0 saturated carbocycles. The van der Waals surface area contributed by atoms with Crippen LogP contribution in [0.2, 0.25) is 0 Å². The minimum Gasteiger partial charge on any atom is -0.383 e. The van der Waals surface area contributed by atoms with Crippen LogP contribution in [0.15, 0.2) is 0 Å². The Hall–Kier alpha value is -0.160. The van der Waals surface area contributed by atoms with Crippen molar-refractivity contribution in [3.63, 3.8) is 0 Å². The first-order chi connectivity index (χ1) is 8.86. The largest absolute Gasteiger partial charge is 0.383 e. The molecule has 108 valence electrons. The van der Waals surface area contributed by atoms with E-state index in [1.54, 1.807) is 14.2 Å². The predicted molar refractivity (Wildman–Crippen MR) is 75.1 cm³/mol. The monoisotopic (exact) mass is 258 g/mol. The second-order valence-electron chi connectivity index (χ2n) is 5.12. The van der Waals surface area contributed by atoms with Crippen molar-refractivity contribution >= 4 is 0 Å². The lowest BCUT2D eigenvalue weighted by molar-refractivity contribution is 0.112. The van der Waals surface area contributed by atoms with Gasteiger partial charge < -0.3 is 14.8 Å². The summed E-state index contributed by atoms with van der Waals surface area (Å²) in [6.07, 6.45) is 6.68. The third-order valence-corrected chi connectivity index (χ3v) is 3.66. The third kappa shape index (κ3) is 7.31. The maximum atomic E-state index is 5.15. The summed E-state index contributed by atoms with van der Waals surface area (Å²) in [6.45, 7) is 6.01. The highest BCUT2D eigenvalue weighted by Crippen LogP contribution is 2.12. The van der Waals surface area contributed by atoms with Crippen molar-refractivity contribution in [3.8, 4) is 0 Å². The minimum absolute atomic E-state index is 0.755. The van der Waals surface area contributed by atoms with Gasteiger partial charge in [0, 0.05) is 33.4 Å². The first kappa shape index (κ1) is 15.9. The lowest BCUT2D eigenvalue weighted by Crippen LogP contribution is -2.36. The van der Waals surface area contributed by atoms with Crippen LogP contribution in [0, 0.1) is 0 Å². The van der Waals surface area contributed by atoms with Gasteiger partial charge in [0.2, 0.25) is 0 Å². The second-order valence-corrected chi connectivity index (χ2v) is 5.12. The Bertz CT molecular complexity index is 177. The number of nitrogens with zero attached hydrogens (tertiary/aromatic N) is 1.